The van der Waals surface area contributed by atoms with Crippen molar-refractivity contribution < 1.29 is 4.79 Å². The number of carbonyl (C=O) groups excluding carboxylic acids is 1. The highest BCUT2D eigenvalue weighted by atomic mass is 16.1. The van der Waals surface area contributed by atoms with Crippen LogP contribution in [0.4, 0.5) is 11.6 Å². The molecular weight excluding hydrogens is 230 g/mol. The van der Waals surface area contributed by atoms with Crippen LogP contribution in [-0.2, 0) is 0 Å². The summed E-state index contributed by atoms with van der Waals surface area (Å²) >= 11 is 0. The molecule has 0 radical (unpaired) electrons. The maximum Gasteiger partial charge on any atom is 0.258 e. The first-order valence-electron chi connectivity index (χ1n) is 5.58. The van der Waals surface area contributed by atoms with Crippen molar-refractivity contribution in [2.75, 3.05) is 17.2 Å². The van der Waals surface area contributed by atoms with Gasteiger partial charge in [-0.15, -0.1) is 5.10 Å². The molecule has 1 aromatic carbocycles. The fourth-order valence-electron chi connectivity index (χ4n) is 1.42. The van der Waals surface area contributed by atoms with Crippen LogP contribution in [0.1, 0.15) is 17.3 Å². The number of carbonyl (C=O) groups is 1. The first-order chi connectivity index (χ1) is 8.79. The summed E-state index contributed by atoms with van der Waals surface area (Å²) in [6, 6.07) is 7.18. The van der Waals surface area contributed by atoms with Crippen molar-refractivity contribution in [3.8, 4) is 0 Å². The number of nitrogens with zero attached hydrogens (tertiary/aromatic N) is 3. The molecule has 0 spiro atoms. The molecule has 0 fully saturated rings. The van der Waals surface area contributed by atoms with Gasteiger partial charge in [0, 0.05) is 17.8 Å². The van der Waals surface area contributed by atoms with Crippen LogP contribution < -0.4 is 10.6 Å². The molecule has 1 amide bonds. The largest absolute Gasteiger partial charge is 0.385 e. The van der Waals surface area contributed by atoms with Gasteiger partial charge in [-0.25, -0.2) is 4.98 Å². The molecule has 0 bridgehead atoms. The fourth-order valence-corrected chi connectivity index (χ4v) is 1.42. The highest BCUT2D eigenvalue weighted by Crippen LogP contribution is 2.10. The number of benzene rings is 1. The molecule has 0 atom stereocenters. The van der Waals surface area contributed by atoms with Crippen molar-refractivity contribution in [2.45, 2.75) is 6.92 Å². The van der Waals surface area contributed by atoms with Crippen LogP contribution in [0, 0.1) is 0 Å². The van der Waals surface area contributed by atoms with E-state index in [-0.39, 0.29) is 11.9 Å². The van der Waals surface area contributed by atoms with Crippen LogP contribution in [0.25, 0.3) is 0 Å². The first kappa shape index (κ1) is 12.0. The van der Waals surface area contributed by atoms with E-state index in [1.165, 1.54) is 12.4 Å². The Morgan fingerprint density at radius 2 is 2.00 bits per heavy atom. The molecule has 1 aromatic heterocycles. The van der Waals surface area contributed by atoms with E-state index in [0.29, 0.717) is 5.56 Å². The van der Waals surface area contributed by atoms with E-state index in [0.717, 1.165) is 12.2 Å². The van der Waals surface area contributed by atoms with Gasteiger partial charge >= 0.3 is 0 Å². The minimum atomic E-state index is -0.258. The van der Waals surface area contributed by atoms with E-state index in [9.17, 15) is 4.79 Å². The second-order valence-electron chi connectivity index (χ2n) is 3.53. The number of aromatic nitrogens is 3. The first-order valence-corrected chi connectivity index (χ1v) is 5.58. The topological polar surface area (TPSA) is 79.8 Å². The fraction of sp³-hybridized carbons (Fsp3) is 0.167. The Labute approximate surface area is 104 Å². The molecule has 92 valence electrons. The molecule has 0 unspecified atom stereocenters. The highest BCUT2D eigenvalue weighted by molar-refractivity contribution is 6.03. The molecule has 2 N–H and O–H groups in total. The predicted octanol–water partition coefficient (Wildman–Crippen LogP) is 1.56. The quantitative estimate of drug-likeness (QED) is 0.851. The Kier molecular flexibility index (Phi) is 3.80. The lowest BCUT2D eigenvalue weighted by Gasteiger charge is -2.05. The van der Waals surface area contributed by atoms with Crippen molar-refractivity contribution in [3.63, 3.8) is 0 Å². The summed E-state index contributed by atoms with van der Waals surface area (Å²) in [5, 5.41) is 13.0. The van der Waals surface area contributed by atoms with E-state index in [1.807, 2.05) is 19.1 Å². The third-order valence-electron chi connectivity index (χ3n) is 2.24. The molecule has 0 aliphatic carbocycles. The summed E-state index contributed by atoms with van der Waals surface area (Å²) in [6.45, 7) is 2.86. The SMILES string of the molecule is CCNc1ccc(C(=O)Nc2nccnn2)cc1. The van der Waals surface area contributed by atoms with E-state index in [1.54, 1.807) is 12.1 Å². The van der Waals surface area contributed by atoms with Crippen molar-refractivity contribution in [2.24, 2.45) is 0 Å². The smallest absolute Gasteiger partial charge is 0.258 e. The van der Waals surface area contributed by atoms with Crippen molar-refractivity contribution in [1.29, 1.82) is 0 Å². The minimum Gasteiger partial charge on any atom is -0.385 e. The van der Waals surface area contributed by atoms with E-state index < -0.39 is 0 Å². The van der Waals surface area contributed by atoms with E-state index in [2.05, 4.69) is 25.8 Å². The molecule has 0 aliphatic rings. The zero-order chi connectivity index (χ0) is 12.8. The lowest BCUT2D eigenvalue weighted by Crippen LogP contribution is -2.14. The molecule has 0 saturated heterocycles. The monoisotopic (exact) mass is 243 g/mol. The van der Waals surface area contributed by atoms with Gasteiger partial charge in [-0.1, -0.05) is 0 Å². The molecule has 6 nitrogen and oxygen atoms in total. The average molecular weight is 243 g/mol. The number of rotatable bonds is 4. The number of hydrogen-bond acceptors (Lipinski definition) is 5. The van der Waals surface area contributed by atoms with Crippen LogP contribution in [0.5, 0.6) is 0 Å². The summed E-state index contributed by atoms with van der Waals surface area (Å²) in [6.07, 6.45) is 2.91. The van der Waals surface area contributed by atoms with Crippen LogP contribution in [0.3, 0.4) is 0 Å². The zero-order valence-electron chi connectivity index (χ0n) is 9.92. The zero-order valence-corrected chi connectivity index (χ0v) is 9.92. The Bertz CT molecular complexity index is 512. The second-order valence-corrected chi connectivity index (χ2v) is 3.53. The Balaban J connectivity index is 2.05. The number of hydrogen-bond donors (Lipinski definition) is 2. The third kappa shape index (κ3) is 3.00. The summed E-state index contributed by atoms with van der Waals surface area (Å²) in [7, 11) is 0. The second kappa shape index (κ2) is 5.72. The van der Waals surface area contributed by atoms with E-state index >= 15 is 0 Å². The van der Waals surface area contributed by atoms with Gasteiger partial charge < -0.3 is 5.32 Å². The third-order valence-corrected chi connectivity index (χ3v) is 2.24. The molecule has 2 rings (SSSR count). The van der Waals surface area contributed by atoms with Crippen LogP contribution >= 0.6 is 0 Å². The lowest BCUT2D eigenvalue weighted by atomic mass is 10.2. The number of amides is 1. The molecule has 0 aliphatic heterocycles. The summed E-state index contributed by atoms with van der Waals surface area (Å²) in [4.78, 5) is 15.7. The Hall–Kier alpha value is -2.50. The maximum atomic E-state index is 11.8. The van der Waals surface area contributed by atoms with Gasteiger partial charge in [0.2, 0.25) is 5.95 Å². The van der Waals surface area contributed by atoms with Gasteiger partial charge in [0.1, 0.15) is 0 Å². The molecule has 18 heavy (non-hydrogen) atoms. The summed E-state index contributed by atoms with van der Waals surface area (Å²) in [5.41, 5.74) is 1.52. The van der Waals surface area contributed by atoms with Gasteiger partial charge in [0.15, 0.2) is 0 Å². The normalized spacial score (nSPS) is 9.83. The predicted molar refractivity (Wildman–Crippen MR) is 68.4 cm³/mol. The van der Waals surface area contributed by atoms with Crippen LogP contribution in [0.2, 0.25) is 0 Å². The average Bonchev–Trinajstić information content (AvgIpc) is 2.41. The lowest BCUT2D eigenvalue weighted by molar-refractivity contribution is 0.102. The summed E-state index contributed by atoms with van der Waals surface area (Å²) in [5.74, 6) is -0.0655. The van der Waals surface area contributed by atoms with Crippen LogP contribution in [0.15, 0.2) is 36.7 Å². The van der Waals surface area contributed by atoms with Gasteiger partial charge in [0.05, 0.1) is 12.4 Å². The Morgan fingerprint density at radius 3 is 2.61 bits per heavy atom. The van der Waals surface area contributed by atoms with Crippen LogP contribution in [-0.4, -0.2) is 27.6 Å². The molecule has 6 heteroatoms. The minimum absolute atomic E-state index is 0.193. The maximum absolute atomic E-state index is 11.8. The van der Waals surface area contributed by atoms with E-state index in [4.69, 9.17) is 0 Å². The molecule has 0 saturated carbocycles. The molecule has 2 aromatic rings. The molecular formula is C12H13N5O. The highest BCUT2D eigenvalue weighted by Gasteiger charge is 2.07. The summed E-state index contributed by atoms with van der Waals surface area (Å²) < 4.78 is 0. The number of nitrogens with one attached hydrogen (secondary N) is 2. The van der Waals surface area contributed by atoms with Gasteiger partial charge in [-0.2, -0.15) is 5.10 Å². The van der Waals surface area contributed by atoms with Gasteiger partial charge in [-0.3, -0.25) is 10.1 Å². The number of anilines is 2. The van der Waals surface area contributed by atoms with Crippen molar-refractivity contribution >= 4 is 17.5 Å². The van der Waals surface area contributed by atoms with Gasteiger partial charge in [0.25, 0.3) is 5.91 Å². The van der Waals surface area contributed by atoms with Crippen molar-refractivity contribution in [3.05, 3.63) is 42.2 Å². The Morgan fingerprint density at radius 1 is 1.22 bits per heavy atom. The van der Waals surface area contributed by atoms with Gasteiger partial charge in [-0.05, 0) is 31.2 Å². The standard InChI is InChI=1S/C12H13N5O/c1-2-13-10-5-3-9(4-6-10)11(18)16-12-14-7-8-15-17-12/h3-8,13H,2H2,1H3,(H,14,16,17,18). The molecule has 1 heterocycles. The van der Waals surface area contributed by atoms with Crippen molar-refractivity contribution in [1.82, 2.24) is 15.2 Å².